The quantitative estimate of drug-likeness (QED) is 0.237. The van der Waals surface area contributed by atoms with Crippen molar-refractivity contribution in [3.63, 3.8) is 0 Å². The number of aromatic nitrogens is 2. The standard InChI is InChI=1S/C16H26N2OS4/c1-4-7-8-9-11-20-15-17-18-16(23-15)21-12-13(10-5-2)22-14(19)6-3/h6,13H,3-5,7-12H2,1-2H3. The van der Waals surface area contributed by atoms with Crippen LogP contribution in [-0.4, -0.2) is 32.1 Å². The monoisotopic (exact) mass is 390 g/mol. The summed E-state index contributed by atoms with van der Waals surface area (Å²) in [4.78, 5) is 11.5. The molecule has 7 heteroatoms. The molecular weight excluding hydrogens is 364 g/mol. The van der Waals surface area contributed by atoms with E-state index in [0.29, 0.717) is 5.25 Å². The summed E-state index contributed by atoms with van der Waals surface area (Å²) < 4.78 is 2.07. The Morgan fingerprint density at radius 3 is 2.57 bits per heavy atom. The zero-order valence-electron chi connectivity index (χ0n) is 14.0. The molecule has 0 fully saturated rings. The highest BCUT2D eigenvalue weighted by Gasteiger charge is 2.14. The third-order valence-corrected chi connectivity index (χ3v) is 7.85. The van der Waals surface area contributed by atoms with Crippen molar-refractivity contribution in [1.29, 1.82) is 0 Å². The van der Waals surface area contributed by atoms with Crippen molar-refractivity contribution in [2.24, 2.45) is 0 Å². The lowest BCUT2D eigenvalue weighted by Crippen LogP contribution is -2.08. The molecule has 23 heavy (non-hydrogen) atoms. The molecule has 130 valence electrons. The summed E-state index contributed by atoms with van der Waals surface area (Å²) >= 11 is 6.58. The van der Waals surface area contributed by atoms with Crippen LogP contribution in [0.4, 0.5) is 0 Å². The van der Waals surface area contributed by atoms with Crippen molar-refractivity contribution in [2.75, 3.05) is 11.5 Å². The van der Waals surface area contributed by atoms with Crippen LogP contribution in [0.3, 0.4) is 0 Å². The van der Waals surface area contributed by atoms with Gasteiger partial charge in [-0.2, -0.15) is 0 Å². The normalized spacial score (nSPS) is 12.3. The van der Waals surface area contributed by atoms with Crippen LogP contribution in [0.2, 0.25) is 0 Å². The van der Waals surface area contributed by atoms with E-state index in [9.17, 15) is 4.79 Å². The fraction of sp³-hybridized carbons (Fsp3) is 0.688. The van der Waals surface area contributed by atoms with Gasteiger partial charge in [0, 0.05) is 16.8 Å². The Morgan fingerprint density at radius 1 is 1.17 bits per heavy atom. The third-order valence-electron chi connectivity index (χ3n) is 3.06. The van der Waals surface area contributed by atoms with Crippen LogP contribution in [0.5, 0.6) is 0 Å². The van der Waals surface area contributed by atoms with Gasteiger partial charge in [0.15, 0.2) is 8.68 Å². The SMILES string of the molecule is C=CC(=O)SC(CCC)CSc1nnc(SCCCCCC)s1. The molecule has 1 atom stereocenters. The molecule has 0 saturated carbocycles. The van der Waals surface area contributed by atoms with Gasteiger partial charge >= 0.3 is 0 Å². The van der Waals surface area contributed by atoms with E-state index in [1.807, 2.05) is 11.8 Å². The summed E-state index contributed by atoms with van der Waals surface area (Å²) in [6.07, 6.45) is 8.66. The van der Waals surface area contributed by atoms with Gasteiger partial charge in [-0.3, -0.25) is 4.79 Å². The second-order valence-electron chi connectivity index (χ2n) is 5.11. The van der Waals surface area contributed by atoms with Gasteiger partial charge in [0.25, 0.3) is 0 Å². The van der Waals surface area contributed by atoms with E-state index in [0.717, 1.165) is 33.0 Å². The first-order valence-electron chi connectivity index (χ1n) is 8.11. The van der Waals surface area contributed by atoms with Crippen LogP contribution in [0, 0.1) is 0 Å². The van der Waals surface area contributed by atoms with Gasteiger partial charge in [-0.25, -0.2) is 0 Å². The fourth-order valence-electron chi connectivity index (χ4n) is 1.88. The predicted octanol–water partition coefficient (Wildman–Crippen LogP) is 5.92. The maximum absolute atomic E-state index is 11.5. The lowest BCUT2D eigenvalue weighted by atomic mass is 10.2. The zero-order valence-corrected chi connectivity index (χ0v) is 17.2. The Morgan fingerprint density at radius 2 is 1.91 bits per heavy atom. The highest BCUT2D eigenvalue weighted by molar-refractivity contribution is 8.15. The number of carbonyl (C=O) groups is 1. The Balaban J connectivity index is 2.33. The molecule has 1 unspecified atom stereocenters. The molecule has 1 aromatic rings. The molecule has 0 N–H and O–H groups in total. The molecule has 1 aromatic heterocycles. The average molecular weight is 391 g/mol. The van der Waals surface area contributed by atoms with E-state index in [-0.39, 0.29) is 5.12 Å². The van der Waals surface area contributed by atoms with Gasteiger partial charge < -0.3 is 0 Å². The number of carbonyl (C=O) groups excluding carboxylic acids is 1. The number of nitrogens with zero attached hydrogens (tertiary/aromatic N) is 2. The van der Waals surface area contributed by atoms with Crippen LogP contribution in [0.25, 0.3) is 0 Å². The summed E-state index contributed by atoms with van der Waals surface area (Å²) in [6.45, 7) is 7.92. The highest BCUT2D eigenvalue weighted by Crippen LogP contribution is 2.32. The molecule has 0 bridgehead atoms. The van der Waals surface area contributed by atoms with E-state index >= 15 is 0 Å². The topological polar surface area (TPSA) is 42.9 Å². The van der Waals surface area contributed by atoms with Crippen molar-refractivity contribution in [2.45, 2.75) is 66.3 Å². The molecule has 0 saturated heterocycles. The van der Waals surface area contributed by atoms with Crippen LogP contribution in [0.15, 0.2) is 21.3 Å². The number of thioether (sulfide) groups is 3. The lowest BCUT2D eigenvalue weighted by Gasteiger charge is -2.11. The maximum Gasteiger partial charge on any atom is 0.211 e. The first-order valence-corrected chi connectivity index (χ1v) is 11.8. The maximum atomic E-state index is 11.5. The number of rotatable bonds is 13. The minimum Gasteiger partial charge on any atom is -0.282 e. The van der Waals surface area contributed by atoms with Gasteiger partial charge in [-0.1, -0.05) is 92.7 Å². The number of unbranched alkanes of at least 4 members (excludes halogenated alkanes) is 3. The summed E-state index contributed by atoms with van der Waals surface area (Å²) in [5.41, 5.74) is 0. The minimum absolute atomic E-state index is 0.0598. The third kappa shape index (κ3) is 9.79. The second kappa shape index (κ2) is 13.3. The highest BCUT2D eigenvalue weighted by atomic mass is 32.2. The van der Waals surface area contributed by atoms with Crippen molar-refractivity contribution >= 4 is 51.7 Å². The molecule has 1 heterocycles. The molecule has 0 aliphatic heterocycles. The van der Waals surface area contributed by atoms with E-state index in [1.54, 1.807) is 23.1 Å². The van der Waals surface area contributed by atoms with Crippen LogP contribution in [-0.2, 0) is 4.79 Å². The van der Waals surface area contributed by atoms with Crippen molar-refractivity contribution in [3.05, 3.63) is 12.7 Å². The van der Waals surface area contributed by atoms with Crippen LogP contribution in [0.1, 0.15) is 52.4 Å². The van der Waals surface area contributed by atoms with Gasteiger partial charge in [0.2, 0.25) is 5.12 Å². The molecule has 1 rings (SSSR count). The predicted molar refractivity (Wildman–Crippen MR) is 107 cm³/mol. The van der Waals surface area contributed by atoms with Crippen molar-refractivity contribution in [3.8, 4) is 0 Å². The summed E-state index contributed by atoms with van der Waals surface area (Å²) in [5.74, 6) is 2.02. The Labute approximate surface area is 156 Å². The first kappa shape index (κ1) is 21.1. The van der Waals surface area contributed by atoms with Gasteiger partial charge in [-0.05, 0) is 18.9 Å². The average Bonchev–Trinajstić information content (AvgIpc) is 3.00. The summed E-state index contributed by atoms with van der Waals surface area (Å²) in [5, 5.41) is 8.90. The summed E-state index contributed by atoms with van der Waals surface area (Å²) in [6, 6.07) is 0. The van der Waals surface area contributed by atoms with Crippen LogP contribution >= 0.6 is 46.6 Å². The molecule has 0 amide bonds. The molecule has 0 spiro atoms. The van der Waals surface area contributed by atoms with E-state index in [2.05, 4.69) is 30.6 Å². The Kier molecular flexibility index (Phi) is 12.2. The summed E-state index contributed by atoms with van der Waals surface area (Å²) in [7, 11) is 0. The fourth-order valence-corrected chi connectivity index (χ4v) is 6.22. The van der Waals surface area contributed by atoms with E-state index in [4.69, 9.17) is 0 Å². The minimum atomic E-state index is 0.0598. The van der Waals surface area contributed by atoms with Crippen molar-refractivity contribution in [1.82, 2.24) is 10.2 Å². The number of hydrogen-bond donors (Lipinski definition) is 0. The molecule has 0 aliphatic rings. The molecule has 0 radical (unpaired) electrons. The molecule has 0 aliphatic carbocycles. The largest absolute Gasteiger partial charge is 0.282 e. The lowest BCUT2D eigenvalue weighted by molar-refractivity contribution is -0.107. The Hall–Kier alpha value is 0.0200. The van der Waals surface area contributed by atoms with Gasteiger partial charge in [0.05, 0.1) is 0 Å². The smallest absolute Gasteiger partial charge is 0.211 e. The molecule has 0 aromatic carbocycles. The number of hydrogen-bond acceptors (Lipinski definition) is 7. The zero-order chi connectivity index (χ0) is 16.9. The molecular formula is C16H26N2OS4. The van der Waals surface area contributed by atoms with Gasteiger partial charge in [0.1, 0.15) is 0 Å². The van der Waals surface area contributed by atoms with Crippen LogP contribution < -0.4 is 0 Å². The first-order chi connectivity index (χ1) is 11.2. The molecule has 3 nitrogen and oxygen atoms in total. The Bertz CT molecular complexity index is 465. The second-order valence-corrected chi connectivity index (χ2v) is 10.00. The van der Waals surface area contributed by atoms with E-state index in [1.165, 1.54) is 43.5 Å². The van der Waals surface area contributed by atoms with Crippen molar-refractivity contribution < 1.29 is 4.79 Å². The van der Waals surface area contributed by atoms with E-state index < -0.39 is 0 Å². The van der Waals surface area contributed by atoms with Gasteiger partial charge in [-0.15, -0.1) is 10.2 Å².